The number of aliphatic imine (C=N–C) groups is 1. The molecule has 0 bridgehead atoms. The van der Waals surface area contributed by atoms with Gasteiger partial charge in [-0.05, 0) is 35.4 Å². The molecule has 2 aromatic carbocycles. The van der Waals surface area contributed by atoms with Crippen LogP contribution in [-0.4, -0.2) is 48.7 Å². The predicted octanol–water partition coefficient (Wildman–Crippen LogP) is 1.86. The molecule has 7 heteroatoms. The first-order valence-corrected chi connectivity index (χ1v) is 8.49. The molecule has 0 saturated heterocycles. The Balaban J connectivity index is 2.07. The number of nitrogens with two attached hydrogens (primary N) is 1. The Morgan fingerprint density at radius 3 is 2.26 bits per heavy atom. The molecule has 1 aliphatic rings. The second kappa shape index (κ2) is 7.28. The molecule has 0 aromatic heterocycles. The van der Waals surface area contributed by atoms with E-state index in [1.54, 1.807) is 45.5 Å². The minimum Gasteiger partial charge on any atom is -0.508 e. The number of aromatic hydroxyl groups is 1. The van der Waals surface area contributed by atoms with Gasteiger partial charge in [0, 0.05) is 20.6 Å². The highest BCUT2D eigenvalue weighted by atomic mass is 16.5. The molecule has 0 aliphatic carbocycles. The summed E-state index contributed by atoms with van der Waals surface area (Å²) in [5.74, 6) is 0.772. The van der Waals surface area contributed by atoms with Crippen molar-refractivity contribution in [2.45, 2.75) is 18.1 Å². The van der Waals surface area contributed by atoms with Crippen LogP contribution in [0, 0.1) is 0 Å². The monoisotopic (exact) mass is 369 g/mol. The number of benzene rings is 2. The normalized spacial score (nSPS) is 20.5. The average molecular weight is 369 g/mol. The van der Waals surface area contributed by atoms with Gasteiger partial charge in [-0.15, -0.1) is 0 Å². The minimum absolute atomic E-state index is 0.148. The Morgan fingerprint density at radius 2 is 1.78 bits per heavy atom. The zero-order chi connectivity index (χ0) is 19.6. The van der Waals surface area contributed by atoms with Crippen LogP contribution in [0.15, 0.2) is 53.5 Å². The van der Waals surface area contributed by atoms with E-state index in [4.69, 9.17) is 15.2 Å². The van der Waals surface area contributed by atoms with Crippen LogP contribution in [-0.2, 0) is 16.0 Å². The van der Waals surface area contributed by atoms with E-state index in [9.17, 15) is 9.90 Å². The molecule has 1 unspecified atom stereocenters. The quantitative estimate of drug-likeness (QED) is 0.810. The molecule has 27 heavy (non-hydrogen) atoms. The fourth-order valence-electron chi connectivity index (χ4n) is 3.41. The number of hydrogen-bond acceptors (Lipinski definition) is 6. The van der Waals surface area contributed by atoms with Crippen molar-refractivity contribution in [3.63, 3.8) is 0 Å². The van der Waals surface area contributed by atoms with Gasteiger partial charge in [-0.25, -0.2) is 4.99 Å². The number of amides is 1. The van der Waals surface area contributed by atoms with E-state index in [0.29, 0.717) is 5.75 Å². The topological polar surface area (TPSA) is 97.4 Å². The molecule has 0 radical (unpaired) electrons. The second-order valence-electron chi connectivity index (χ2n) is 6.49. The fourth-order valence-corrected chi connectivity index (χ4v) is 3.41. The van der Waals surface area contributed by atoms with Crippen molar-refractivity contribution < 1.29 is 19.4 Å². The van der Waals surface area contributed by atoms with E-state index >= 15 is 0 Å². The van der Waals surface area contributed by atoms with Gasteiger partial charge in [-0.2, -0.15) is 0 Å². The van der Waals surface area contributed by atoms with Crippen LogP contribution in [0.5, 0.6) is 11.5 Å². The Bertz CT molecular complexity index is 849. The largest absolute Gasteiger partial charge is 0.508 e. The van der Waals surface area contributed by atoms with Gasteiger partial charge in [0.15, 0.2) is 11.5 Å². The highest BCUT2D eigenvalue weighted by Crippen LogP contribution is 2.40. The number of ether oxygens (including phenoxy) is 2. The number of phenolic OH excluding ortho intramolecular Hbond substituents is 1. The predicted molar refractivity (Wildman–Crippen MR) is 102 cm³/mol. The number of nitrogens with zero attached hydrogens (tertiary/aromatic N) is 2. The summed E-state index contributed by atoms with van der Waals surface area (Å²) in [6, 6.07) is 14.0. The van der Waals surface area contributed by atoms with Gasteiger partial charge in [0.05, 0.1) is 7.11 Å². The molecular formula is C20H23N3O4. The van der Waals surface area contributed by atoms with Crippen LogP contribution >= 0.6 is 0 Å². The van der Waals surface area contributed by atoms with Gasteiger partial charge in [-0.1, -0.05) is 24.3 Å². The minimum atomic E-state index is -1.24. The Kier molecular flexibility index (Phi) is 5.05. The number of carbonyl (C=O) groups excluding carboxylic acids is 1. The first-order chi connectivity index (χ1) is 12.9. The van der Waals surface area contributed by atoms with Crippen molar-refractivity contribution in [2.24, 2.45) is 10.7 Å². The highest BCUT2D eigenvalue weighted by molar-refractivity contribution is 6.07. The van der Waals surface area contributed by atoms with Crippen LogP contribution in [0.1, 0.15) is 17.2 Å². The number of guanidine groups is 1. The van der Waals surface area contributed by atoms with E-state index in [-0.39, 0.29) is 24.0 Å². The molecule has 7 nitrogen and oxygen atoms in total. The molecule has 0 fully saturated rings. The first kappa shape index (κ1) is 18.7. The maximum Gasteiger partial charge on any atom is 0.260 e. The summed E-state index contributed by atoms with van der Waals surface area (Å²) in [7, 11) is 4.74. The molecule has 3 rings (SSSR count). The lowest BCUT2D eigenvalue weighted by Gasteiger charge is -2.33. The number of likely N-dealkylation sites (N-methyl/N-ethyl adjacent to an activating group) is 1. The van der Waals surface area contributed by atoms with E-state index in [0.717, 1.165) is 11.1 Å². The van der Waals surface area contributed by atoms with Gasteiger partial charge in [0.25, 0.3) is 5.91 Å². The zero-order valence-corrected chi connectivity index (χ0v) is 15.5. The van der Waals surface area contributed by atoms with Crippen molar-refractivity contribution in [3.8, 4) is 11.5 Å². The van der Waals surface area contributed by atoms with Gasteiger partial charge < -0.3 is 20.3 Å². The first-order valence-electron chi connectivity index (χ1n) is 8.49. The Morgan fingerprint density at radius 1 is 1.15 bits per heavy atom. The molecule has 1 heterocycles. The molecular weight excluding hydrogens is 346 g/mol. The van der Waals surface area contributed by atoms with Gasteiger partial charge in [0.2, 0.25) is 0 Å². The van der Waals surface area contributed by atoms with E-state index in [1.807, 2.05) is 24.3 Å². The highest BCUT2D eigenvalue weighted by Gasteiger charge is 2.53. The summed E-state index contributed by atoms with van der Waals surface area (Å²) in [6.45, 7) is 0. The van der Waals surface area contributed by atoms with Crippen LogP contribution in [0.4, 0.5) is 0 Å². The number of phenols is 1. The Hall–Kier alpha value is -3.06. The third-order valence-corrected chi connectivity index (χ3v) is 4.83. The standard InChI is InChI=1S/C20H23N3O4/c1-23-18(25)20(22-19(23)21,12-13-4-8-15(24)9-5-13)17(27-3)14-6-10-16(26-2)11-7-14/h4-11,17,24H,12H2,1-3H3,(H2,21,22)/t17?,20-/m1/s1. The molecule has 1 aliphatic heterocycles. The fraction of sp³-hybridized carbons (Fsp3) is 0.300. The van der Waals surface area contributed by atoms with E-state index in [1.165, 1.54) is 4.90 Å². The SMILES string of the molecule is COc1ccc(C(OC)[C@@]2(Cc3ccc(O)cc3)N=C(N)N(C)C2=O)cc1. The molecule has 1 amide bonds. The Labute approximate surface area is 158 Å². The maximum atomic E-state index is 13.2. The zero-order valence-electron chi connectivity index (χ0n) is 15.5. The molecule has 0 spiro atoms. The smallest absolute Gasteiger partial charge is 0.260 e. The summed E-state index contributed by atoms with van der Waals surface area (Å²) in [5, 5.41) is 9.54. The summed E-state index contributed by atoms with van der Waals surface area (Å²) < 4.78 is 11.0. The van der Waals surface area contributed by atoms with Gasteiger partial charge in [0.1, 0.15) is 17.6 Å². The number of hydrogen-bond donors (Lipinski definition) is 2. The molecule has 3 N–H and O–H groups in total. The van der Waals surface area contributed by atoms with Crippen LogP contribution in [0.2, 0.25) is 0 Å². The molecule has 0 saturated carbocycles. The van der Waals surface area contributed by atoms with E-state index in [2.05, 4.69) is 4.99 Å². The summed E-state index contributed by atoms with van der Waals surface area (Å²) in [6.07, 6.45) is -0.366. The molecule has 2 atom stereocenters. The third kappa shape index (κ3) is 3.33. The van der Waals surface area contributed by atoms with Gasteiger partial charge in [-0.3, -0.25) is 9.69 Å². The van der Waals surface area contributed by atoms with Crippen LogP contribution < -0.4 is 10.5 Å². The maximum absolute atomic E-state index is 13.2. The van der Waals surface area contributed by atoms with Crippen molar-refractivity contribution in [1.82, 2.24) is 4.90 Å². The molecule has 2 aromatic rings. The van der Waals surface area contributed by atoms with Crippen molar-refractivity contribution in [1.29, 1.82) is 0 Å². The number of methoxy groups -OCH3 is 2. The summed E-state index contributed by atoms with van der Waals surface area (Å²) in [4.78, 5) is 19.1. The molecule has 142 valence electrons. The summed E-state index contributed by atoms with van der Waals surface area (Å²) in [5.41, 5.74) is 6.37. The summed E-state index contributed by atoms with van der Waals surface area (Å²) >= 11 is 0. The number of carbonyl (C=O) groups is 1. The third-order valence-electron chi connectivity index (χ3n) is 4.83. The van der Waals surface area contributed by atoms with Crippen LogP contribution in [0.25, 0.3) is 0 Å². The van der Waals surface area contributed by atoms with E-state index < -0.39 is 11.6 Å². The van der Waals surface area contributed by atoms with Crippen molar-refractivity contribution >= 4 is 11.9 Å². The number of rotatable bonds is 6. The lowest BCUT2D eigenvalue weighted by molar-refractivity contribution is -0.135. The second-order valence-corrected chi connectivity index (χ2v) is 6.49. The van der Waals surface area contributed by atoms with Gasteiger partial charge >= 0.3 is 0 Å². The van der Waals surface area contributed by atoms with Crippen LogP contribution in [0.3, 0.4) is 0 Å². The van der Waals surface area contributed by atoms with Crippen molar-refractivity contribution in [3.05, 3.63) is 59.7 Å². The van der Waals surface area contributed by atoms with Crippen molar-refractivity contribution in [2.75, 3.05) is 21.3 Å². The average Bonchev–Trinajstić information content (AvgIpc) is 2.89. The lowest BCUT2D eigenvalue weighted by Crippen LogP contribution is -2.48. The lowest BCUT2D eigenvalue weighted by atomic mass is 9.82.